The topological polar surface area (TPSA) is 75.4 Å². The molecule has 17 heavy (non-hydrogen) atoms. The molecule has 98 valence electrons. The standard InChI is InChI=1S/C13H24N2O2/c1-2-5-12(14)13(17)15-8-10-6-3-4-7-11(10)9-16/h2,10-12,16H,1,3-9,14H2,(H,15,17). The zero-order valence-electron chi connectivity index (χ0n) is 10.4. The second-order valence-corrected chi connectivity index (χ2v) is 4.86. The number of amides is 1. The lowest BCUT2D eigenvalue weighted by atomic mass is 9.79. The number of aliphatic hydroxyl groups excluding tert-OH is 1. The summed E-state index contributed by atoms with van der Waals surface area (Å²) >= 11 is 0. The fraction of sp³-hybridized carbons (Fsp3) is 0.769. The molecule has 0 aromatic rings. The number of carbonyl (C=O) groups is 1. The molecule has 0 aromatic heterocycles. The van der Waals surface area contributed by atoms with Crippen molar-refractivity contribution >= 4 is 5.91 Å². The maximum absolute atomic E-state index is 11.6. The van der Waals surface area contributed by atoms with E-state index in [1.165, 1.54) is 12.8 Å². The summed E-state index contributed by atoms with van der Waals surface area (Å²) in [6.45, 7) is 4.42. The number of rotatable bonds is 6. The van der Waals surface area contributed by atoms with Crippen molar-refractivity contribution in [2.75, 3.05) is 13.2 Å². The molecule has 1 rings (SSSR count). The number of nitrogens with two attached hydrogens (primary N) is 1. The van der Waals surface area contributed by atoms with Gasteiger partial charge in [0.15, 0.2) is 0 Å². The molecule has 4 N–H and O–H groups in total. The second kappa shape index (κ2) is 7.45. The molecular formula is C13H24N2O2. The van der Waals surface area contributed by atoms with Crippen molar-refractivity contribution < 1.29 is 9.90 Å². The van der Waals surface area contributed by atoms with Crippen LogP contribution in [0.4, 0.5) is 0 Å². The number of carbonyl (C=O) groups excluding carboxylic acids is 1. The van der Waals surface area contributed by atoms with E-state index in [0.29, 0.717) is 24.8 Å². The fourth-order valence-corrected chi connectivity index (χ4v) is 2.44. The molecule has 1 saturated carbocycles. The van der Waals surface area contributed by atoms with Crippen molar-refractivity contribution in [1.82, 2.24) is 5.32 Å². The average Bonchev–Trinajstić information content (AvgIpc) is 2.36. The Balaban J connectivity index is 2.32. The Morgan fingerprint density at radius 1 is 1.47 bits per heavy atom. The summed E-state index contributed by atoms with van der Waals surface area (Å²) in [5.41, 5.74) is 5.68. The summed E-state index contributed by atoms with van der Waals surface area (Å²) in [5, 5.41) is 12.1. The van der Waals surface area contributed by atoms with Crippen LogP contribution in [0.1, 0.15) is 32.1 Å². The summed E-state index contributed by atoms with van der Waals surface area (Å²) in [4.78, 5) is 11.6. The molecule has 0 aliphatic heterocycles. The van der Waals surface area contributed by atoms with Crippen LogP contribution >= 0.6 is 0 Å². The molecule has 4 heteroatoms. The van der Waals surface area contributed by atoms with Crippen LogP contribution in [0, 0.1) is 11.8 Å². The van der Waals surface area contributed by atoms with Crippen molar-refractivity contribution in [3.8, 4) is 0 Å². The molecule has 0 saturated heterocycles. The molecule has 3 unspecified atom stereocenters. The minimum Gasteiger partial charge on any atom is -0.396 e. The Morgan fingerprint density at radius 3 is 2.71 bits per heavy atom. The number of aliphatic hydroxyl groups is 1. The fourth-order valence-electron chi connectivity index (χ4n) is 2.44. The van der Waals surface area contributed by atoms with Gasteiger partial charge >= 0.3 is 0 Å². The van der Waals surface area contributed by atoms with Crippen molar-refractivity contribution in [2.45, 2.75) is 38.1 Å². The second-order valence-electron chi connectivity index (χ2n) is 4.86. The van der Waals surface area contributed by atoms with E-state index in [9.17, 15) is 9.90 Å². The third-order valence-corrected chi connectivity index (χ3v) is 3.60. The van der Waals surface area contributed by atoms with Crippen molar-refractivity contribution in [3.63, 3.8) is 0 Å². The normalized spacial score (nSPS) is 26.2. The molecule has 1 amide bonds. The predicted octanol–water partition coefficient (Wildman–Crippen LogP) is 0.805. The molecular weight excluding hydrogens is 216 g/mol. The van der Waals surface area contributed by atoms with Crippen LogP contribution in [-0.4, -0.2) is 30.2 Å². The van der Waals surface area contributed by atoms with Gasteiger partial charge in [-0.15, -0.1) is 6.58 Å². The van der Waals surface area contributed by atoms with Crippen LogP contribution in [0.2, 0.25) is 0 Å². The highest BCUT2D eigenvalue weighted by Gasteiger charge is 2.25. The van der Waals surface area contributed by atoms with Crippen LogP contribution in [0.3, 0.4) is 0 Å². The monoisotopic (exact) mass is 240 g/mol. The third-order valence-electron chi connectivity index (χ3n) is 3.60. The van der Waals surface area contributed by atoms with E-state index in [4.69, 9.17) is 5.73 Å². The molecule has 0 bridgehead atoms. The lowest BCUT2D eigenvalue weighted by Crippen LogP contribution is -2.43. The molecule has 3 atom stereocenters. The summed E-state index contributed by atoms with van der Waals surface area (Å²) in [7, 11) is 0. The molecule has 0 heterocycles. The summed E-state index contributed by atoms with van der Waals surface area (Å²) in [6, 6.07) is -0.497. The quantitative estimate of drug-likeness (QED) is 0.601. The smallest absolute Gasteiger partial charge is 0.237 e. The maximum Gasteiger partial charge on any atom is 0.237 e. The van der Waals surface area contributed by atoms with Gasteiger partial charge in [-0.25, -0.2) is 0 Å². The Morgan fingerprint density at radius 2 is 2.12 bits per heavy atom. The first kappa shape index (κ1) is 14.2. The van der Waals surface area contributed by atoms with E-state index in [-0.39, 0.29) is 12.5 Å². The number of hydrogen-bond acceptors (Lipinski definition) is 3. The Labute approximate surface area is 103 Å². The lowest BCUT2D eigenvalue weighted by molar-refractivity contribution is -0.122. The van der Waals surface area contributed by atoms with Gasteiger partial charge in [0.05, 0.1) is 6.04 Å². The van der Waals surface area contributed by atoms with Gasteiger partial charge in [0.25, 0.3) is 0 Å². The Hall–Kier alpha value is -0.870. The van der Waals surface area contributed by atoms with Gasteiger partial charge in [0.2, 0.25) is 5.91 Å². The van der Waals surface area contributed by atoms with Crippen molar-refractivity contribution in [2.24, 2.45) is 17.6 Å². The highest BCUT2D eigenvalue weighted by molar-refractivity contribution is 5.81. The molecule has 1 aliphatic rings. The Kier molecular flexibility index (Phi) is 6.22. The molecule has 4 nitrogen and oxygen atoms in total. The van der Waals surface area contributed by atoms with Crippen molar-refractivity contribution in [3.05, 3.63) is 12.7 Å². The lowest BCUT2D eigenvalue weighted by Gasteiger charge is -2.30. The van der Waals surface area contributed by atoms with Crippen LogP contribution in [-0.2, 0) is 4.79 Å². The highest BCUT2D eigenvalue weighted by Crippen LogP contribution is 2.28. The molecule has 0 aromatic carbocycles. The van der Waals surface area contributed by atoms with Gasteiger partial charge in [-0.2, -0.15) is 0 Å². The van der Waals surface area contributed by atoms with E-state index in [1.807, 2.05) is 0 Å². The zero-order chi connectivity index (χ0) is 12.7. The molecule has 1 aliphatic carbocycles. The Bertz CT molecular complexity index is 256. The molecule has 0 spiro atoms. The van der Waals surface area contributed by atoms with Crippen LogP contribution in [0.25, 0.3) is 0 Å². The summed E-state index contributed by atoms with van der Waals surface area (Å²) < 4.78 is 0. The zero-order valence-corrected chi connectivity index (χ0v) is 10.4. The highest BCUT2D eigenvalue weighted by atomic mass is 16.3. The van der Waals surface area contributed by atoms with Gasteiger partial charge in [-0.1, -0.05) is 18.9 Å². The predicted molar refractivity (Wildman–Crippen MR) is 68.3 cm³/mol. The van der Waals surface area contributed by atoms with Crippen LogP contribution in [0.5, 0.6) is 0 Å². The van der Waals surface area contributed by atoms with Gasteiger partial charge < -0.3 is 16.2 Å². The average molecular weight is 240 g/mol. The summed E-state index contributed by atoms with van der Waals surface area (Å²) in [5.74, 6) is 0.612. The maximum atomic E-state index is 11.6. The van der Waals surface area contributed by atoms with E-state index in [1.54, 1.807) is 6.08 Å². The van der Waals surface area contributed by atoms with Gasteiger partial charge in [0.1, 0.15) is 0 Å². The minimum atomic E-state index is -0.497. The summed E-state index contributed by atoms with van der Waals surface area (Å²) in [6.07, 6.45) is 6.68. The van der Waals surface area contributed by atoms with Crippen LogP contribution < -0.4 is 11.1 Å². The third kappa shape index (κ3) is 4.48. The van der Waals surface area contributed by atoms with E-state index >= 15 is 0 Å². The minimum absolute atomic E-state index is 0.118. The first-order valence-corrected chi connectivity index (χ1v) is 6.44. The van der Waals surface area contributed by atoms with Crippen LogP contribution in [0.15, 0.2) is 12.7 Å². The van der Waals surface area contributed by atoms with E-state index in [2.05, 4.69) is 11.9 Å². The van der Waals surface area contributed by atoms with E-state index in [0.717, 1.165) is 12.8 Å². The first-order chi connectivity index (χ1) is 8.19. The number of hydrogen-bond donors (Lipinski definition) is 3. The number of nitrogens with one attached hydrogen (secondary N) is 1. The van der Waals surface area contributed by atoms with Gasteiger partial charge in [-0.3, -0.25) is 4.79 Å². The van der Waals surface area contributed by atoms with Gasteiger partial charge in [-0.05, 0) is 31.1 Å². The SMILES string of the molecule is C=CCC(N)C(=O)NCC1CCCCC1CO. The van der Waals surface area contributed by atoms with Crippen molar-refractivity contribution in [1.29, 1.82) is 0 Å². The van der Waals surface area contributed by atoms with E-state index < -0.39 is 6.04 Å². The largest absolute Gasteiger partial charge is 0.396 e. The first-order valence-electron chi connectivity index (χ1n) is 6.44. The molecule has 0 radical (unpaired) electrons. The van der Waals surface area contributed by atoms with Gasteiger partial charge in [0, 0.05) is 13.2 Å². The molecule has 1 fully saturated rings.